The molecule has 0 saturated carbocycles. The van der Waals surface area contributed by atoms with Crippen LogP contribution in [0, 0.1) is 0 Å². The Morgan fingerprint density at radius 1 is 1.10 bits per heavy atom. The predicted molar refractivity (Wildman–Crippen MR) is 68.7 cm³/mol. The largest absolute Gasteiger partial charge is 0.573 e. The van der Waals surface area contributed by atoms with Gasteiger partial charge in [0, 0.05) is 13.2 Å². The topological polar surface area (TPSA) is 39.7 Å². The lowest BCUT2D eigenvalue weighted by atomic mass is 10.3. The molecule has 0 aliphatic heterocycles. The number of alkyl halides is 3. The maximum Gasteiger partial charge on any atom is 0.573 e. The van der Waals surface area contributed by atoms with Crippen molar-refractivity contribution < 1.29 is 27.4 Å². The van der Waals surface area contributed by atoms with Gasteiger partial charge >= 0.3 is 6.36 Å². The lowest BCUT2D eigenvalue weighted by Crippen LogP contribution is -2.27. The van der Waals surface area contributed by atoms with E-state index in [9.17, 15) is 13.2 Å². The summed E-state index contributed by atoms with van der Waals surface area (Å²) < 4.78 is 51.3. The van der Waals surface area contributed by atoms with E-state index in [1.54, 1.807) is 6.07 Å². The summed E-state index contributed by atoms with van der Waals surface area (Å²) in [5.41, 5.74) is 0.231. The molecule has 0 bridgehead atoms. The van der Waals surface area contributed by atoms with Gasteiger partial charge in [0.2, 0.25) is 0 Å². The second-order valence-electron chi connectivity index (χ2n) is 3.77. The molecule has 0 saturated heterocycles. The third-order valence-electron chi connectivity index (χ3n) is 2.28. The minimum atomic E-state index is -4.73. The highest BCUT2D eigenvalue weighted by molar-refractivity contribution is 5.56. The zero-order valence-corrected chi connectivity index (χ0v) is 11.4. The van der Waals surface area contributed by atoms with Gasteiger partial charge in [0.15, 0.2) is 12.0 Å². The molecule has 0 fully saturated rings. The van der Waals surface area contributed by atoms with Gasteiger partial charge in [-0.25, -0.2) is 0 Å². The van der Waals surface area contributed by atoms with Gasteiger partial charge in [-0.3, -0.25) is 0 Å². The van der Waals surface area contributed by atoms with Crippen LogP contribution in [0.15, 0.2) is 24.3 Å². The van der Waals surface area contributed by atoms with E-state index in [2.05, 4.69) is 10.1 Å². The molecule has 0 unspecified atom stereocenters. The van der Waals surface area contributed by atoms with Crippen LogP contribution in [0.3, 0.4) is 0 Å². The number of halogens is 3. The molecule has 0 aliphatic carbocycles. The van der Waals surface area contributed by atoms with Crippen LogP contribution >= 0.6 is 0 Å². The van der Waals surface area contributed by atoms with Crippen LogP contribution in [-0.4, -0.2) is 32.4 Å². The van der Waals surface area contributed by atoms with Gasteiger partial charge in [-0.15, -0.1) is 13.2 Å². The lowest BCUT2D eigenvalue weighted by molar-refractivity contribution is -0.274. The van der Waals surface area contributed by atoms with Crippen molar-refractivity contribution in [3.8, 4) is 5.75 Å². The van der Waals surface area contributed by atoms with Crippen molar-refractivity contribution in [2.24, 2.45) is 0 Å². The van der Waals surface area contributed by atoms with E-state index in [-0.39, 0.29) is 18.0 Å². The molecule has 0 atom stereocenters. The first kappa shape index (κ1) is 16.6. The van der Waals surface area contributed by atoms with Crippen LogP contribution in [0.1, 0.15) is 13.8 Å². The average molecular weight is 293 g/mol. The lowest BCUT2D eigenvalue weighted by Gasteiger charge is -2.19. The molecule has 0 radical (unpaired) electrons. The zero-order chi connectivity index (χ0) is 15.0. The molecular formula is C13H18F3NO3. The summed E-state index contributed by atoms with van der Waals surface area (Å²) in [5, 5.41) is 2.83. The summed E-state index contributed by atoms with van der Waals surface area (Å²) in [6, 6.07) is 5.82. The molecule has 4 nitrogen and oxygen atoms in total. The maximum absolute atomic E-state index is 12.3. The summed E-state index contributed by atoms with van der Waals surface area (Å²) >= 11 is 0. The first-order valence-electron chi connectivity index (χ1n) is 6.28. The maximum atomic E-state index is 12.3. The quantitative estimate of drug-likeness (QED) is 0.746. The van der Waals surface area contributed by atoms with Gasteiger partial charge in [0.25, 0.3) is 0 Å². The van der Waals surface area contributed by atoms with E-state index in [1.807, 2.05) is 13.8 Å². The Hall–Kier alpha value is -1.47. The highest BCUT2D eigenvalue weighted by Crippen LogP contribution is 2.29. The van der Waals surface area contributed by atoms with Gasteiger partial charge in [0.05, 0.1) is 12.2 Å². The Bertz CT molecular complexity index is 393. The van der Waals surface area contributed by atoms with Gasteiger partial charge in [-0.2, -0.15) is 0 Å². The first-order chi connectivity index (χ1) is 9.46. The normalized spacial score (nSPS) is 11.7. The number of rotatable bonds is 8. The second kappa shape index (κ2) is 7.96. The fraction of sp³-hybridized carbons (Fsp3) is 0.538. The van der Waals surface area contributed by atoms with E-state index in [0.29, 0.717) is 13.2 Å². The minimum absolute atomic E-state index is 0.222. The fourth-order valence-corrected chi connectivity index (χ4v) is 1.56. The highest BCUT2D eigenvalue weighted by Gasteiger charge is 2.32. The van der Waals surface area contributed by atoms with E-state index >= 15 is 0 Å². The molecule has 0 aliphatic rings. The molecule has 1 N–H and O–H groups in total. The van der Waals surface area contributed by atoms with E-state index in [1.165, 1.54) is 18.2 Å². The summed E-state index contributed by atoms with van der Waals surface area (Å²) in [7, 11) is 0. The van der Waals surface area contributed by atoms with Crippen LogP contribution in [0.25, 0.3) is 0 Å². The van der Waals surface area contributed by atoms with Crippen molar-refractivity contribution >= 4 is 5.69 Å². The molecule has 7 heteroatoms. The van der Waals surface area contributed by atoms with E-state index in [4.69, 9.17) is 9.47 Å². The standard InChI is InChI=1S/C13H18F3NO3/c1-3-18-12(19-4-2)9-17-10-7-5-6-8-11(10)20-13(14,15)16/h5-8,12,17H,3-4,9H2,1-2H3. The van der Waals surface area contributed by atoms with E-state index in [0.717, 1.165) is 0 Å². The summed E-state index contributed by atoms with van der Waals surface area (Å²) in [6.45, 7) is 4.75. The Labute approximate surface area is 115 Å². The number of anilines is 1. The Kier molecular flexibility index (Phi) is 6.60. The second-order valence-corrected chi connectivity index (χ2v) is 3.77. The molecule has 0 aromatic heterocycles. The highest BCUT2D eigenvalue weighted by atomic mass is 19.4. The minimum Gasteiger partial charge on any atom is -0.404 e. The van der Waals surface area contributed by atoms with Crippen LogP contribution in [0.2, 0.25) is 0 Å². The molecule has 0 heterocycles. The van der Waals surface area contributed by atoms with Crippen LogP contribution in [0.4, 0.5) is 18.9 Å². The third kappa shape index (κ3) is 6.12. The van der Waals surface area contributed by atoms with Crippen molar-refractivity contribution in [3.05, 3.63) is 24.3 Å². The molecule has 1 aromatic rings. The van der Waals surface area contributed by atoms with Gasteiger partial charge < -0.3 is 19.5 Å². The fourth-order valence-electron chi connectivity index (χ4n) is 1.56. The number of hydrogen-bond donors (Lipinski definition) is 1. The van der Waals surface area contributed by atoms with Gasteiger partial charge in [-0.1, -0.05) is 12.1 Å². The molecule has 20 heavy (non-hydrogen) atoms. The number of nitrogens with one attached hydrogen (secondary N) is 1. The number of hydrogen-bond acceptors (Lipinski definition) is 4. The number of ether oxygens (including phenoxy) is 3. The van der Waals surface area contributed by atoms with Crippen LogP contribution in [-0.2, 0) is 9.47 Å². The monoisotopic (exact) mass is 293 g/mol. The molecular weight excluding hydrogens is 275 g/mol. The van der Waals surface area contributed by atoms with Crippen molar-refractivity contribution in [2.45, 2.75) is 26.5 Å². The molecule has 114 valence electrons. The smallest absolute Gasteiger partial charge is 0.404 e. The summed E-state index contributed by atoms with van der Waals surface area (Å²) in [6.07, 6.45) is -5.25. The van der Waals surface area contributed by atoms with E-state index < -0.39 is 12.7 Å². The number of para-hydroxylation sites is 2. The van der Waals surface area contributed by atoms with Crippen molar-refractivity contribution in [3.63, 3.8) is 0 Å². The molecule has 1 aromatic carbocycles. The van der Waals surface area contributed by atoms with Crippen LogP contribution < -0.4 is 10.1 Å². The first-order valence-corrected chi connectivity index (χ1v) is 6.28. The van der Waals surface area contributed by atoms with Gasteiger partial charge in [-0.05, 0) is 26.0 Å². The van der Waals surface area contributed by atoms with Crippen LogP contribution in [0.5, 0.6) is 5.75 Å². The van der Waals surface area contributed by atoms with Gasteiger partial charge in [0.1, 0.15) is 0 Å². The molecule has 0 amide bonds. The van der Waals surface area contributed by atoms with Crippen molar-refractivity contribution in [1.82, 2.24) is 0 Å². The Morgan fingerprint density at radius 3 is 2.25 bits per heavy atom. The van der Waals surface area contributed by atoms with Crippen molar-refractivity contribution in [1.29, 1.82) is 0 Å². The predicted octanol–water partition coefficient (Wildman–Crippen LogP) is 3.40. The third-order valence-corrected chi connectivity index (χ3v) is 2.28. The Morgan fingerprint density at radius 2 is 1.70 bits per heavy atom. The summed E-state index contributed by atoms with van der Waals surface area (Å²) in [5.74, 6) is -0.285. The SMILES string of the molecule is CCOC(CNc1ccccc1OC(F)(F)F)OCC. The van der Waals surface area contributed by atoms with Crippen molar-refractivity contribution in [2.75, 3.05) is 25.1 Å². The molecule has 1 rings (SSSR count). The summed E-state index contributed by atoms with van der Waals surface area (Å²) in [4.78, 5) is 0. The number of benzene rings is 1. The molecule has 0 spiro atoms. The Balaban J connectivity index is 2.66. The average Bonchev–Trinajstić information content (AvgIpc) is 2.36. The zero-order valence-electron chi connectivity index (χ0n) is 11.4.